The number of halogens is 2. The summed E-state index contributed by atoms with van der Waals surface area (Å²) in [4.78, 5) is 0. The molecule has 8 heavy (non-hydrogen) atoms. The molecule has 0 spiro atoms. The van der Waals surface area contributed by atoms with Gasteiger partial charge in [-0.05, 0) is 24.3 Å². The summed E-state index contributed by atoms with van der Waals surface area (Å²) in [6.45, 7) is 0. The molecule has 0 unspecified atom stereocenters. The fraction of sp³-hybridized carbons (Fsp3) is 0. The molecule has 42 valence electrons. The van der Waals surface area contributed by atoms with Crippen molar-refractivity contribution in [2.75, 3.05) is 0 Å². The summed E-state index contributed by atoms with van der Waals surface area (Å²) in [7, 11) is 0. The first-order chi connectivity index (χ1) is 3.79. The van der Waals surface area contributed by atoms with E-state index in [4.69, 9.17) is 11.6 Å². The average Bonchev–Trinajstić information content (AvgIpc) is 1.77. The van der Waals surface area contributed by atoms with Crippen molar-refractivity contribution < 1.29 is 22.6 Å². The summed E-state index contributed by atoms with van der Waals surface area (Å²) < 4.78 is 1.25. The Bertz CT molecular complexity index is 147. The first kappa shape index (κ1) is 6.36. The highest BCUT2D eigenvalue weighted by Gasteiger charge is 1.91. The van der Waals surface area contributed by atoms with Crippen molar-refractivity contribution in [1.29, 1.82) is 0 Å². The molecule has 1 aromatic carbocycles. The molecule has 1 aromatic rings. The molecule has 0 atom stereocenters. The second-order valence-corrected chi connectivity index (χ2v) is 3.24. The van der Waals surface area contributed by atoms with Crippen molar-refractivity contribution >= 4 is 11.6 Å². The van der Waals surface area contributed by atoms with Gasteiger partial charge in [0.1, 0.15) is 0 Å². The van der Waals surface area contributed by atoms with Crippen LogP contribution in [0.5, 0.6) is 0 Å². The van der Waals surface area contributed by atoms with Crippen molar-refractivity contribution in [3.8, 4) is 0 Å². The Morgan fingerprint density at radius 3 is 2.00 bits per heavy atom. The molecule has 0 aromatic heterocycles. The summed E-state index contributed by atoms with van der Waals surface area (Å²) in [6, 6.07) is 7.76. The highest BCUT2D eigenvalue weighted by atomic mass is 127. The minimum absolute atomic E-state index is 0.803. The van der Waals surface area contributed by atoms with Crippen LogP contribution in [-0.2, 0) is 0 Å². The quantitative estimate of drug-likeness (QED) is 0.499. The first-order valence-electron chi connectivity index (χ1n) is 2.21. The van der Waals surface area contributed by atoms with Gasteiger partial charge in [0.25, 0.3) is 22.6 Å². The van der Waals surface area contributed by atoms with E-state index in [9.17, 15) is 0 Å². The molecule has 0 fully saturated rings. The van der Waals surface area contributed by atoms with Gasteiger partial charge in [0, 0.05) is 5.02 Å². The molecule has 0 aliphatic carbocycles. The SMILES string of the molecule is Clc1ccc([IH+])cc1. The summed E-state index contributed by atoms with van der Waals surface area (Å²) in [6.07, 6.45) is 0. The highest BCUT2D eigenvalue weighted by Crippen LogP contribution is 2.03. The summed E-state index contributed by atoms with van der Waals surface area (Å²) in [5.41, 5.74) is 0. The Labute approximate surface area is 67.0 Å². The second-order valence-electron chi connectivity index (χ2n) is 1.45. The smallest absolute Gasteiger partial charge is 0.0843 e. The van der Waals surface area contributed by atoms with Crippen molar-refractivity contribution in [3.05, 3.63) is 32.9 Å². The molecule has 0 nitrogen and oxygen atoms in total. The van der Waals surface area contributed by atoms with Crippen LogP contribution in [0, 0.1) is 3.57 Å². The standard InChI is InChI=1S/C6H5ClI/c7-5-1-3-6(8)4-2-5/h1-4,8H/q+1. The lowest BCUT2D eigenvalue weighted by Gasteiger charge is -1.81. The fourth-order valence-corrected chi connectivity index (χ4v) is 0.949. The van der Waals surface area contributed by atoms with Crippen LogP contribution in [0.25, 0.3) is 0 Å². The van der Waals surface area contributed by atoms with Gasteiger partial charge in [-0.3, -0.25) is 0 Å². The van der Waals surface area contributed by atoms with Crippen LogP contribution < -0.4 is 22.6 Å². The molecule has 2 heteroatoms. The van der Waals surface area contributed by atoms with Gasteiger partial charge in [-0.25, -0.2) is 0 Å². The van der Waals surface area contributed by atoms with Gasteiger partial charge in [0.05, 0.1) is 0 Å². The molecular weight excluding hydrogens is 234 g/mol. The fourth-order valence-electron chi connectivity index (χ4n) is 0.435. The zero-order valence-electron chi connectivity index (χ0n) is 4.10. The second kappa shape index (κ2) is 2.69. The monoisotopic (exact) mass is 239 g/mol. The van der Waals surface area contributed by atoms with E-state index in [0.29, 0.717) is 0 Å². The van der Waals surface area contributed by atoms with Crippen molar-refractivity contribution in [2.45, 2.75) is 0 Å². The third kappa shape index (κ3) is 1.63. The van der Waals surface area contributed by atoms with Gasteiger partial charge >= 0.3 is 0 Å². The Morgan fingerprint density at radius 2 is 1.62 bits per heavy atom. The first-order valence-corrected chi connectivity index (χ1v) is 3.76. The number of hydrogen-bond donors (Lipinski definition) is 0. The predicted molar refractivity (Wildman–Crippen MR) is 31.5 cm³/mol. The Hall–Kier alpha value is 0.240. The normalized spacial score (nSPS) is 9.25. The minimum Gasteiger partial charge on any atom is -0.0843 e. The molecule has 0 heterocycles. The lowest BCUT2D eigenvalue weighted by molar-refractivity contribution is -0.328. The van der Waals surface area contributed by atoms with Crippen LogP contribution in [-0.4, -0.2) is 0 Å². The zero-order chi connectivity index (χ0) is 5.98. The van der Waals surface area contributed by atoms with Gasteiger partial charge in [-0.2, -0.15) is 0 Å². The molecular formula is C6H5ClI+. The van der Waals surface area contributed by atoms with Crippen LogP contribution >= 0.6 is 11.6 Å². The molecule has 0 saturated carbocycles. The summed E-state index contributed by atoms with van der Waals surface area (Å²) in [5, 5.41) is 0.803. The van der Waals surface area contributed by atoms with E-state index in [0.717, 1.165) is 5.02 Å². The predicted octanol–water partition coefficient (Wildman–Crippen LogP) is -1.20. The lowest BCUT2D eigenvalue weighted by atomic mass is 10.4. The molecule has 0 radical (unpaired) electrons. The maximum atomic E-state index is 5.61. The zero-order valence-corrected chi connectivity index (χ0v) is 7.18. The van der Waals surface area contributed by atoms with Gasteiger partial charge in [0.2, 0.25) is 0 Å². The Balaban J connectivity index is 3.03. The third-order valence-electron chi connectivity index (χ3n) is 0.814. The van der Waals surface area contributed by atoms with Gasteiger partial charge < -0.3 is 0 Å². The maximum absolute atomic E-state index is 5.61. The Kier molecular flexibility index (Phi) is 2.14. The van der Waals surface area contributed by atoms with Crippen LogP contribution in [0.15, 0.2) is 24.3 Å². The molecule has 0 N–H and O–H groups in total. The topological polar surface area (TPSA) is 0 Å². The van der Waals surface area contributed by atoms with Crippen LogP contribution in [0.3, 0.4) is 0 Å². The molecule has 0 aliphatic heterocycles. The van der Waals surface area contributed by atoms with E-state index in [-0.39, 0.29) is 0 Å². The summed E-state index contributed by atoms with van der Waals surface area (Å²) >= 11 is 7.58. The van der Waals surface area contributed by atoms with E-state index in [2.05, 4.69) is 0 Å². The van der Waals surface area contributed by atoms with Crippen LogP contribution in [0.4, 0.5) is 0 Å². The number of hydrogen-bond acceptors (Lipinski definition) is 0. The van der Waals surface area contributed by atoms with Gasteiger partial charge in [-0.15, -0.1) is 0 Å². The van der Waals surface area contributed by atoms with Crippen molar-refractivity contribution in [1.82, 2.24) is 0 Å². The molecule has 0 bridgehead atoms. The Morgan fingerprint density at radius 1 is 1.12 bits per heavy atom. The summed E-state index contributed by atoms with van der Waals surface area (Å²) in [5.74, 6) is 0. The van der Waals surface area contributed by atoms with Crippen LogP contribution in [0.1, 0.15) is 0 Å². The highest BCUT2D eigenvalue weighted by molar-refractivity contribution is 6.30. The van der Waals surface area contributed by atoms with E-state index in [1.165, 1.54) is 3.57 Å². The molecule has 0 saturated heterocycles. The maximum Gasteiger partial charge on any atom is 0.296 e. The van der Waals surface area contributed by atoms with Crippen molar-refractivity contribution in [2.24, 2.45) is 0 Å². The average molecular weight is 239 g/mol. The minimum atomic E-state index is 0.803. The third-order valence-corrected chi connectivity index (χ3v) is 1.84. The number of rotatable bonds is 0. The van der Waals surface area contributed by atoms with E-state index < -0.39 is 0 Å². The van der Waals surface area contributed by atoms with Gasteiger partial charge in [-0.1, -0.05) is 11.6 Å². The largest absolute Gasteiger partial charge is 0.296 e. The van der Waals surface area contributed by atoms with Gasteiger partial charge in [0.15, 0.2) is 3.57 Å². The van der Waals surface area contributed by atoms with E-state index in [1.54, 1.807) is 0 Å². The molecule has 0 amide bonds. The molecule has 0 aliphatic rings. The van der Waals surface area contributed by atoms with Crippen LogP contribution in [0.2, 0.25) is 5.02 Å². The van der Waals surface area contributed by atoms with E-state index >= 15 is 0 Å². The van der Waals surface area contributed by atoms with Crippen molar-refractivity contribution in [3.63, 3.8) is 0 Å². The lowest BCUT2D eigenvalue weighted by Crippen LogP contribution is -3.34. The number of benzene rings is 1. The molecule has 1 rings (SSSR count). The van der Waals surface area contributed by atoms with E-state index in [1.807, 2.05) is 46.9 Å².